The van der Waals surface area contributed by atoms with Crippen LogP contribution in [0.4, 0.5) is 0 Å². The van der Waals surface area contributed by atoms with Crippen LogP contribution in [0.2, 0.25) is 0 Å². The lowest BCUT2D eigenvalue weighted by Crippen LogP contribution is -2.27. The Kier molecular flexibility index (Phi) is 4.55. The van der Waals surface area contributed by atoms with Crippen molar-refractivity contribution in [2.45, 2.75) is 39.2 Å². The molecule has 6 heteroatoms. The molecule has 2 N–H and O–H groups in total. The van der Waals surface area contributed by atoms with Gasteiger partial charge in [0.05, 0.1) is 18.2 Å². The van der Waals surface area contributed by atoms with Crippen molar-refractivity contribution in [2.75, 3.05) is 6.54 Å². The lowest BCUT2D eigenvalue weighted by Gasteiger charge is -2.06. The normalized spacial score (nSPS) is 12.8. The molecule has 0 aliphatic heterocycles. The number of aliphatic hydroxyl groups excluding tert-OH is 1. The Hall–Kier alpha value is -1.40. The molecule has 1 atom stereocenters. The van der Waals surface area contributed by atoms with Gasteiger partial charge in [0.1, 0.15) is 0 Å². The number of nitrogens with one attached hydrogen (secondary N) is 1. The third kappa shape index (κ3) is 3.78. The molecule has 1 amide bonds. The summed E-state index contributed by atoms with van der Waals surface area (Å²) in [5.74, 6) is 0.0108. The molecule has 0 saturated heterocycles. The van der Waals surface area contributed by atoms with Crippen LogP contribution in [0.1, 0.15) is 31.2 Å². The molecule has 2 aromatic rings. The van der Waals surface area contributed by atoms with Crippen LogP contribution in [0.3, 0.4) is 0 Å². The number of hydrogen-bond acceptors (Lipinski definition) is 4. The number of nitrogens with zero attached hydrogens (tertiary/aromatic N) is 2. The topological polar surface area (TPSA) is 66.6 Å². The summed E-state index contributed by atoms with van der Waals surface area (Å²) in [5, 5.41) is 14.0. The molecule has 2 aromatic heterocycles. The van der Waals surface area contributed by atoms with Crippen molar-refractivity contribution >= 4 is 22.2 Å². The molecule has 0 radical (unpaired) electrons. The maximum absolute atomic E-state index is 11.8. The third-order valence-corrected chi connectivity index (χ3v) is 3.76. The van der Waals surface area contributed by atoms with Gasteiger partial charge in [0.15, 0.2) is 4.96 Å². The van der Waals surface area contributed by atoms with Gasteiger partial charge in [-0.05, 0) is 26.7 Å². The Labute approximate surface area is 116 Å². The predicted molar refractivity (Wildman–Crippen MR) is 75.4 cm³/mol. The minimum atomic E-state index is -0.303. The molecule has 0 bridgehead atoms. The van der Waals surface area contributed by atoms with E-state index in [0.29, 0.717) is 19.4 Å². The summed E-state index contributed by atoms with van der Waals surface area (Å²) in [5.41, 5.74) is 1.93. The third-order valence-electron chi connectivity index (χ3n) is 2.87. The van der Waals surface area contributed by atoms with Crippen molar-refractivity contribution < 1.29 is 9.90 Å². The van der Waals surface area contributed by atoms with E-state index in [1.54, 1.807) is 18.3 Å². The Morgan fingerprint density at radius 2 is 2.42 bits per heavy atom. The van der Waals surface area contributed by atoms with E-state index in [2.05, 4.69) is 10.3 Å². The smallest absolute Gasteiger partial charge is 0.225 e. The highest BCUT2D eigenvalue weighted by Gasteiger charge is 2.10. The first-order valence-corrected chi connectivity index (χ1v) is 7.31. The maximum atomic E-state index is 11.8. The van der Waals surface area contributed by atoms with E-state index in [-0.39, 0.29) is 12.0 Å². The van der Waals surface area contributed by atoms with Crippen LogP contribution in [0.5, 0.6) is 0 Å². The van der Waals surface area contributed by atoms with Gasteiger partial charge in [0.25, 0.3) is 0 Å². The molecule has 19 heavy (non-hydrogen) atoms. The number of imidazole rings is 1. The lowest BCUT2D eigenvalue weighted by atomic mass is 10.2. The molecule has 5 nitrogen and oxygen atoms in total. The van der Waals surface area contributed by atoms with Crippen molar-refractivity contribution in [3.8, 4) is 0 Å². The molecular formula is C13H19N3O2S. The first kappa shape index (κ1) is 14.0. The van der Waals surface area contributed by atoms with E-state index in [9.17, 15) is 4.79 Å². The SMILES string of the molecule is Cc1cn2c(CC(=O)NCCCC(C)O)csc2n1. The molecule has 0 aliphatic carbocycles. The lowest BCUT2D eigenvalue weighted by molar-refractivity contribution is -0.120. The summed E-state index contributed by atoms with van der Waals surface area (Å²) in [6, 6.07) is 0. The molecule has 2 heterocycles. The first-order chi connectivity index (χ1) is 9.06. The van der Waals surface area contributed by atoms with Crippen LogP contribution >= 0.6 is 11.3 Å². The van der Waals surface area contributed by atoms with E-state index in [1.807, 2.05) is 22.9 Å². The average Bonchev–Trinajstić information content (AvgIpc) is 2.85. The molecule has 0 saturated carbocycles. The fourth-order valence-corrected chi connectivity index (χ4v) is 2.84. The van der Waals surface area contributed by atoms with Crippen LogP contribution in [0.25, 0.3) is 4.96 Å². The molecule has 0 spiro atoms. The summed E-state index contributed by atoms with van der Waals surface area (Å²) in [6.07, 6.45) is 3.52. The van der Waals surface area contributed by atoms with E-state index < -0.39 is 0 Å². The number of carbonyl (C=O) groups is 1. The number of rotatable bonds is 6. The van der Waals surface area contributed by atoms with Gasteiger partial charge in [0.2, 0.25) is 5.91 Å². The highest BCUT2D eigenvalue weighted by molar-refractivity contribution is 7.15. The zero-order chi connectivity index (χ0) is 13.8. The number of amides is 1. The summed E-state index contributed by atoms with van der Waals surface area (Å²) >= 11 is 1.55. The largest absolute Gasteiger partial charge is 0.393 e. The standard InChI is InChI=1S/C13H19N3O2S/c1-9-7-16-11(8-19-13(16)15-9)6-12(18)14-5-3-4-10(2)17/h7-8,10,17H,3-6H2,1-2H3,(H,14,18). The molecule has 1 unspecified atom stereocenters. The minimum Gasteiger partial charge on any atom is -0.393 e. The second-order valence-electron chi connectivity index (χ2n) is 4.78. The summed E-state index contributed by atoms with van der Waals surface area (Å²) in [6.45, 7) is 4.31. The van der Waals surface area contributed by atoms with Crippen molar-refractivity contribution in [3.05, 3.63) is 23.0 Å². The number of fused-ring (bicyclic) bond motifs is 1. The van der Waals surface area contributed by atoms with Gasteiger partial charge < -0.3 is 10.4 Å². The molecule has 0 aromatic carbocycles. The number of aliphatic hydroxyl groups is 1. The van der Waals surface area contributed by atoms with Gasteiger partial charge in [0, 0.05) is 23.8 Å². The van der Waals surface area contributed by atoms with E-state index in [1.165, 1.54) is 0 Å². The zero-order valence-electron chi connectivity index (χ0n) is 11.2. The van der Waals surface area contributed by atoms with E-state index in [4.69, 9.17) is 5.11 Å². The molecular weight excluding hydrogens is 262 g/mol. The van der Waals surface area contributed by atoms with Crippen molar-refractivity contribution in [3.63, 3.8) is 0 Å². The van der Waals surface area contributed by atoms with E-state index >= 15 is 0 Å². The van der Waals surface area contributed by atoms with Crippen LogP contribution in [0, 0.1) is 6.92 Å². The fraction of sp³-hybridized carbons (Fsp3) is 0.538. The monoisotopic (exact) mass is 281 g/mol. The summed E-state index contributed by atoms with van der Waals surface area (Å²) in [4.78, 5) is 17.1. The maximum Gasteiger partial charge on any atom is 0.225 e. The molecule has 2 rings (SSSR count). The number of aromatic nitrogens is 2. The zero-order valence-corrected chi connectivity index (χ0v) is 12.0. The van der Waals surface area contributed by atoms with Gasteiger partial charge in [-0.3, -0.25) is 9.20 Å². The predicted octanol–water partition coefficient (Wildman–Crippen LogP) is 1.52. The highest BCUT2D eigenvalue weighted by atomic mass is 32.1. The van der Waals surface area contributed by atoms with Gasteiger partial charge in [-0.1, -0.05) is 0 Å². The molecule has 104 valence electrons. The second-order valence-corrected chi connectivity index (χ2v) is 5.62. The van der Waals surface area contributed by atoms with Gasteiger partial charge in [-0.2, -0.15) is 0 Å². The molecule has 0 aliphatic rings. The minimum absolute atomic E-state index is 0.0108. The Bertz CT molecular complexity index is 559. The van der Waals surface area contributed by atoms with Gasteiger partial charge in [-0.25, -0.2) is 4.98 Å². The Balaban J connectivity index is 1.85. The summed E-state index contributed by atoms with van der Waals surface area (Å²) in [7, 11) is 0. The van der Waals surface area contributed by atoms with Crippen LogP contribution in [0.15, 0.2) is 11.6 Å². The van der Waals surface area contributed by atoms with Gasteiger partial charge in [-0.15, -0.1) is 11.3 Å². The van der Waals surface area contributed by atoms with Crippen molar-refractivity contribution in [1.29, 1.82) is 0 Å². The molecule has 0 fully saturated rings. The summed E-state index contributed by atoms with van der Waals surface area (Å²) < 4.78 is 1.97. The van der Waals surface area contributed by atoms with Crippen LogP contribution < -0.4 is 5.32 Å². The highest BCUT2D eigenvalue weighted by Crippen LogP contribution is 2.16. The number of carbonyl (C=O) groups excluding carboxylic acids is 1. The first-order valence-electron chi connectivity index (χ1n) is 6.43. The number of aryl methyl sites for hydroxylation is 1. The Morgan fingerprint density at radius 1 is 1.63 bits per heavy atom. The average molecular weight is 281 g/mol. The van der Waals surface area contributed by atoms with Crippen LogP contribution in [-0.2, 0) is 11.2 Å². The Morgan fingerprint density at radius 3 is 3.16 bits per heavy atom. The number of thiazole rings is 1. The van der Waals surface area contributed by atoms with Gasteiger partial charge >= 0.3 is 0 Å². The van der Waals surface area contributed by atoms with Crippen molar-refractivity contribution in [1.82, 2.24) is 14.7 Å². The van der Waals surface area contributed by atoms with Crippen LogP contribution in [-0.4, -0.2) is 33.0 Å². The second kappa shape index (κ2) is 6.16. The van der Waals surface area contributed by atoms with E-state index in [0.717, 1.165) is 22.8 Å². The van der Waals surface area contributed by atoms with Crippen molar-refractivity contribution in [2.24, 2.45) is 0 Å². The fourth-order valence-electron chi connectivity index (χ4n) is 1.92. The quantitative estimate of drug-likeness (QED) is 0.789. The number of hydrogen-bond donors (Lipinski definition) is 2.